The van der Waals surface area contributed by atoms with E-state index >= 15 is 0 Å². The monoisotopic (exact) mass is 290 g/mol. The first-order valence-electron chi connectivity index (χ1n) is 8.36. The van der Waals surface area contributed by atoms with Crippen LogP contribution in [0, 0.1) is 11.8 Å². The second kappa shape index (κ2) is 6.83. The Bertz CT molecular complexity index is 435. The van der Waals surface area contributed by atoms with Crippen LogP contribution in [0.1, 0.15) is 58.9 Å². The Labute approximate surface area is 129 Å². The Balaban J connectivity index is 2.11. The van der Waals surface area contributed by atoms with Crippen LogP contribution in [-0.4, -0.2) is 17.8 Å². The van der Waals surface area contributed by atoms with Crippen LogP contribution in [0.3, 0.4) is 0 Å². The summed E-state index contributed by atoms with van der Waals surface area (Å²) in [6.45, 7) is 9.65. The zero-order valence-electron chi connectivity index (χ0n) is 13.9. The molecule has 1 saturated carbocycles. The topological polar surface area (TPSA) is 29.5 Å². The quantitative estimate of drug-likeness (QED) is 0.862. The van der Waals surface area contributed by atoms with Gasteiger partial charge in [0.2, 0.25) is 0 Å². The third kappa shape index (κ3) is 3.79. The van der Waals surface area contributed by atoms with Crippen LogP contribution >= 0.6 is 0 Å². The van der Waals surface area contributed by atoms with Crippen molar-refractivity contribution in [3.05, 3.63) is 29.8 Å². The molecule has 3 atom stereocenters. The minimum absolute atomic E-state index is 0.00282. The average molecular weight is 290 g/mol. The molecule has 3 unspecified atom stereocenters. The second-order valence-corrected chi connectivity index (χ2v) is 7.19. The van der Waals surface area contributed by atoms with Gasteiger partial charge in [0.15, 0.2) is 0 Å². The highest BCUT2D eigenvalue weighted by Crippen LogP contribution is 2.42. The lowest BCUT2D eigenvalue weighted by molar-refractivity contribution is 0.0143. The van der Waals surface area contributed by atoms with Gasteiger partial charge in [-0.15, -0.1) is 0 Å². The highest BCUT2D eigenvalue weighted by atomic mass is 16.5. The predicted octanol–water partition coefficient (Wildman–Crippen LogP) is 4.55. The summed E-state index contributed by atoms with van der Waals surface area (Å²) >= 11 is 0. The van der Waals surface area contributed by atoms with Crippen LogP contribution in [0.25, 0.3) is 0 Å². The number of ether oxygens (including phenoxy) is 1. The van der Waals surface area contributed by atoms with E-state index in [9.17, 15) is 5.11 Å². The van der Waals surface area contributed by atoms with Crippen LogP contribution in [0.2, 0.25) is 0 Å². The van der Waals surface area contributed by atoms with E-state index in [2.05, 4.69) is 52.0 Å². The van der Waals surface area contributed by atoms with Gasteiger partial charge >= 0.3 is 0 Å². The summed E-state index contributed by atoms with van der Waals surface area (Å²) < 4.78 is 5.65. The molecule has 1 fully saturated rings. The largest absolute Gasteiger partial charge is 0.494 e. The maximum absolute atomic E-state index is 10.5. The Morgan fingerprint density at radius 3 is 2.43 bits per heavy atom. The fraction of sp³-hybridized carbons (Fsp3) is 0.684. The van der Waals surface area contributed by atoms with Gasteiger partial charge in [-0.1, -0.05) is 46.2 Å². The average Bonchev–Trinajstić information content (AvgIpc) is 2.45. The van der Waals surface area contributed by atoms with E-state index in [-0.39, 0.29) is 11.5 Å². The van der Waals surface area contributed by atoms with E-state index in [1.807, 2.05) is 0 Å². The molecule has 0 radical (unpaired) electrons. The van der Waals surface area contributed by atoms with Crippen molar-refractivity contribution in [2.45, 2.75) is 64.9 Å². The molecule has 2 heteroatoms. The van der Waals surface area contributed by atoms with E-state index in [1.165, 1.54) is 12.0 Å². The molecule has 0 aliphatic heterocycles. The molecule has 0 heterocycles. The molecule has 0 amide bonds. The van der Waals surface area contributed by atoms with Crippen LogP contribution in [-0.2, 0) is 5.41 Å². The fourth-order valence-electron chi connectivity index (χ4n) is 3.61. The van der Waals surface area contributed by atoms with Crippen LogP contribution in [0.5, 0.6) is 5.75 Å². The van der Waals surface area contributed by atoms with E-state index in [4.69, 9.17) is 4.74 Å². The number of rotatable bonds is 5. The van der Waals surface area contributed by atoms with Crippen LogP contribution in [0.15, 0.2) is 24.3 Å². The first kappa shape index (κ1) is 16.4. The molecule has 1 aliphatic carbocycles. The van der Waals surface area contributed by atoms with E-state index in [1.54, 1.807) is 0 Å². The Morgan fingerprint density at radius 1 is 1.19 bits per heavy atom. The van der Waals surface area contributed by atoms with Gasteiger partial charge < -0.3 is 9.84 Å². The third-order valence-electron chi connectivity index (χ3n) is 5.08. The maximum atomic E-state index is 10.5. The van der Waals surface area contributed by atoms with Gasteiger partial charge in [-0.2, -0.15) is 0 Å². The summed E-state index contributed by atoms with van der Waals surface area (Å²) in [4.78, 5) is 0. The molecule has 1 aromatic carbocycles. The normalized spacial score (nSPS) is 26.6. The van der Waals surface area contributed by atoms with Gasteiger partial charge in [0.25, 0.3) is 0 Å². The van der Waals surface area contributed by atoms with Crippen molar-refractivity contribution in [2.24, 2.45) is 11.8 Å². The molecule has 2 rings (SSSR count). The summed E-state index contributed by atoms with van der Waals surface area (Å²) in [6.07, 6.45) is 4.12. The number of aliphatic hydroxyl groups is 1. The van der Waals surface area contributed by atoms with Crippen molar-refractivity contribution in [1.82, 2.24) is 0 Å². The van der Waals surface area contributed by atoms with Gasteiger partial charge in [0, 0.05) is 0 Å². The predicted molar refractivity (Wildman–Crippen MR) is 87.8 cm³/mol. The molecule has 1 aromatic rings. The molecule has 1 aliphatic rings. The highest BCUT2D eigenvalue weighted by molar-refractivity contribution is 5.32. The molecule has 0 saturated heterocycles. The SMILES string of the molecule is CCCOc1ccc(C(C)(C)C2CCC(C)CC2O)cc1. The Kier molecular flexibility index (Phi) is 5.32. The lowest BCUT2D eigenvalue weighted by Gasteiger charge is -2.42. The zero-order chi connectivity index (χ0) is 15.5. The van der Waals surface area contributed by atoms with Crippen molar-refractivity contribution >= 4 is 0 Å². The lowest BCUT2D eigenvalue weighted by atomic mass is 9.64. The van der Waals surface area contributed by atoms with Crippen molar-refractivity contribution in [3.8, 4) is 5.75 Å². The molecule has 0 bridgehead atoms. The molecule has 21 heavy (non-hydrogen) atoms. The van der Waals surface area contributed by atoms with Gasteiger partial charge in [-0.3, -0.25) is 0 Å². The van der Waals surface area contributed by atoms with E-state index in [0.717, 1.165) is 31.6 Å². The summed E-state index contributed by atoms with van der Waals surface area (Å²) in [7, 11) is 0. The lowest BCUT2D eigenvalue weighted by Crippen LogP contribution is -2.41. The van der Waals surface area contributed by atoms with Gasteiger partial charge in [0.1, 0.15) is 5.75 Å². The van der Waals surface area contributed by atoms with Crippen molar-refractivity contribution in [2.75, 3.05) is 6.61 Å². The molecule has 1 N–H and O–H groups in total. The second-order valence-electron chi connectivity index (χ2n) is 7.19. The van der Waals surface area contributed by atoms with Crippen molar-refractivity contribution in [1.29, 1.82) is 0 Å². The molecular formula is C19H30O2. The molecule has 2 nitrogen and oxygen atoms in total. The van der Waals surface area contributed by atoms with Crippen LogP contribution in [0.4, 0.5) is 0 Å². The van der Waals surface area contributed by atoms with E-state index < -0.39 is 0 Å². The zero-order valence-corrected chi connectivity index (χ0v) is 13.9. The maximum Gasteiger partial charge on any atom is 0.119 e. The van der Waals surface area contributed by atoms with Crippen LogP contribution < -0.4 is 4.74 Å². The van der Waals surface area contributed by atoms with Gasteiger partial charge in [-0.25, -0.2) is 0 Å². The summed E-state index contributed by atoms with van der Waals surface area (Å²) in [6, 6.07) is 8.45. The first-order valence-corrected chi connectivity index (χ1v) is 8.36. The molecular weight excluding hydrogens is 260 g/mol. The molecule has 0 aromatic heterocycles. The molecule has 118 valence electrons. The minimum atomic E-state index is -0.181. The first-order chi connectivity index (χ1) is 9.95. The van der Waals surface area contributed by atoms with Gasteiger partial charge in [0.05, 0.1) is 12.7 Å². The smallest absolute Gasteiger partial charge is 0.119 e. The van der Waals surface area contributed by atoms with Crippen molar-refractivity contribution < 1.29 is 9.84 Å². The summed E-state index contributed by atoms with van der Waals surface area (Å²) in [5, 5.41) is 10.5. The number of benzene rings is 1. The van der Waals surface area contributed by atoms with Gasteiger partial charge in [-0.05, 0) is 54.2 Å². The number of hydrogen-bond acceptors (Lipinski definition) is 2. The molecule has 0 spiro atoms. The minimum Gasteiger partial charge on any atom is -0.494 e. The highest BCUT2D eigenvalue weighted by Gasteiger charge is 2.39. The Morgan fingerprint density at radius 2 is 1.86 bits per heavy atom. The standard InChI is InChI=1S/C19H30O2/c1-5-12-21-16-9-7-15(8-10-16)19(3,4)17-11-6-14(2)13-18(17)20/h7-10,14,17-18,20H,5-6,11-13H2,1-4H3. The van der Waals surface area contributed by atoms with E-state index in [0.29, 0.717) is 11.8 Å². The summed E-state index contributed by atoms with van der Waals surface area (Å²) in [5.74, 6) is 1.93. The van der Waals surface area contributed by atoms with Crippen molar-refractivity contribution in [3.63, 3.8) is 0 Å². The number of aliphatic hydroxyl groups excluding tert-OH is 1. The fourth-order valence-corrected chi connectivity index (χ4v) is 3.61. The number of hydrogen-bond donors (Lipinski definition) is 1. The third-order valence-corrected chi connectivity index (χ3v) is 5.08. The Hall–Kier alpha value is -1.02. The summed E-state index contributed by atoms with van der Waals surface area (Å²) in [5.41, 5.74) is 1.30.